The lowest BCUT2D eigenvalue weighted by molar-refractivity contribution is -0.152. The van der Waals surface area contributed by atoms with Gasteiger partial charge < -0.3 is 31.7 Å². The molecular formula is C17H23N7O5S. The van der Waals surface area contributed by atoms with Gasteiger partial charge in [-0.25, -0.2) is 19.7 Å². The standard InChI is InChI=1S/C17H23N7O5S/c18-8(4-30-3-7-1-2-7)15(26)23-9-11(25)16(29-12(9)17(27)28)24-6-22-10-13(19)20-5-21-14(10)24/h5-9,11-12,16,25H,1-4,18H2,(H,23,26)(H,27,28)(H2,19,20,21). The summed E-state index contributed by atoms with van der Waals surface area (Å²) >= 11 is 1.59. The average molecular weight is 437 g/mol. The van der Waals surface area contributed by atoms with Crippen LogP contribution in [0.3, 0.4) is 0 Å². The van der Waals surface area contributed by atoms with E-state index in [0.29, 0.717) is 17.2 Å². The van der Waals surface area contributed by atoms with Crippen molar-refractivity contribution in [2.75, 3.05) is 17.2 Å². The van der Waals surface area contributed by atoms with Gasteiger partial charge >= 0.3 is 5.97 Å². The molecule has 30 heavy (non-hydrogen) atoms. The van der Waals surface area contributed by atoms with Gasteiger partial charge in [0.15, 0.2) is 23.8 Å². The maximum absolute atomic E-state index is 12.5. The lowest BCUT2D eigenvalue weighted by Gasteiger charge is -2.22. The molecule has 2 aliphatic rings. The van der Waals surface area contributed by atoms with E-state index in [1.807, 2.05) is 0 Å². The molecule has 1 saturated carbocycles. The molecule has 5 unspecified atom stereocenters. The van der Waals surface area contributed by atoms with Crippen LogP contribution in [0.15, 0.2) is 12.7 Å². The summed E-state index contributed by atoms with van der Waals surface area (Å²) < 4.78 is 6.92. The first-order valence-electron chi connectivity index (χ1n) is 9.50. The number of aliphatic carboxylic acids is 1. The minimum Gasteiger partial charge on any atom is -0.479 e. The minimum absolute atomic E-state index is 0.139. The molecule has 2 aromatic heterocycles. The van der Waals surface area contributed by atoms with Gasteiger partial charge in [-0.15, -0.1) is 0 Å². The molecule has 0 aromatic carbocycles. The third-order valence-corrected chi connectivity index (χ3v) is 6.47. The Morgan fingerprint density at radius 2 is 2.13 bits per heavy atom. The zero-order chi connectivity index (χ0) is 21.4. The van der Waals surface area contributed by atoms with E-state index >= 15 is 0 Å². The second kappa shape index (κ2) is 8.34. The summed E-state index contributed by atoms with van der Waals surface area (Å²) in [4.78, 5) is 36.2. The van der Waals surface area contributed by atoms with E-state index in [1.165, 1.54) is 30.1 Å². The third kappa shape index (κ3) is 4.05. The minimum atomic E-state index is -1.48. The predicted molar refractivity (Wildman–Crippen MR) is 107 cm³/mol. The number of aromatic nitrogens is 4. The Kier molecular flexibility index (Phi) is 5.77. The quantitative estimate of drug-likeness (QED) is 0.330. The number of hydrogen-bond acceptors (Lipinski definition) is 10. The van der Waals surface area contributed by atoms with E-state index in [1.54, 1.807) is 11.8 Å². The number of hydrogen-bond donors (Lipinski definition) is 5. The number of anilines is 1. The van der Waals surface area contributed by atoms with E-state index in [0.717, 1.165) is 5.75 Å². The van der Waals surface area contributed by atoms with E-state index in [4.69, 9.17) is 16.2 Å². The van der Waals surface area contributed by atoms with Gasteiger partial charge in [-0.1, -0.05) is 0 Å². The summed E-state index contributed by atoms with van der Waals surface area (Å²) in [5.74, 6) is 0.345. The number of nitrogens with one attached hydrogen (secondary N) is 1. The highest BCUT2D eigenvalue weighted by Crippen LogP contribution is 2.33. The SMILES string of the molecule is Nc1ncnc2c1ncn2C1OC(C(=O)O)C(NC(=O)C(N)CSCC2CC2)C1O. The first-order chi connectivity index (χ1) is 14.4. The van der Waals surface area contributed by atoms with Gasteiger partial charge in [0, 0.05) is 5.75 Å². The number of nitrogens with zero attached hydrogens (tertiary/aromatic N) is 4. The Balaban J connectivity index is 1.48. The van der Waals surface area contributed by atoms with Gasteiger partial charge in [-0.3, -0.25) is 9.36 Å². The summed E-state index contributed by atoms with van der Waals surface area (Å²) in [6.07, 6.45) is 0.974. The van der Waals surface area contributed by atoms with Crippen molar-refractivity contribution in [2.24, 2.45) is 11.7 Å². The van der Waals surface area contributed by atoms with E-state index in [-0.39, 0.29) is 11.5 Å². The van der Waals surface area contributed by atoms with Crippen molar-refractivity contribution in [3.63, 3.8) is 0 Å². The van der Waals surface area contributed by atoms with Crippen LogP contribution in [0.4, 0.5) is 5.82 Å². The molecule has 3 heterocycles. The Hall–Kier alpha value is -2.48. The number of carbonyl (C=O) groups is 2. The van der Waals surface area contributed by atoms with Crippen LogP contribution in [0.2, 0.25) is 0 Å². The summed E-state index contributed by atoms with van der Waals surface area (Å²) in [5, 5.41) is 22.9. The van der Waals surface area contributed by atoms with Crippen LogP contribution in [0.5, 0.6) is 0 Å². The van der Waals surface area contributed by atoms with Gasteiger partial charge in [0.05, 0.1) is 18.4 Å². The van der Waals surface area contributed by atoms with E-state index < -0.39 is 42.4 Å². The molecule has 162 valence electrons. The Labute approximate surface area is 175 Å². The molecular weight excluding hydrogens is 414 g/mol. The van der Waals surface area contributed by atoms with Crippen molar-refractivity contribution in [1.82, 2.24) is 24.8 Å². The van der Waals surface area contributed by atoms with Crippen LogP contribution in [0.25, 0.3) is 11.2 Å². The molecule has 1 aliphatic carbocycles. The molecule has 1 aliphatic heterocycles. The van der Waals surface area contributed by atoms with Crippen LogP contribution >= 0.6 is 11.8 Å². The maximum Gasteiger partial charge on any atom is 0.335 e. The number of aliphatic hydroxyl groups is 1. The highest BCUT2D eigenvalue weighted by Gasteiger charge is 2.49. The molecule has 1 saturated heterocycles. The Morgan fingerprint density at radius 3 is 2.83 bits per heavy atom. The number of rotatable bonds is 8. The van der Waals surface area contributed by atoms with E-state index in [9.17, 15) is 19.8 Å². The number of aliphatic hydroxyl groups excluding tert-OH is 1. The van der Waals surface area contributed by atoms with Crippen LogP contribution in [0, 0.1) is 5.92 Å². The van der Waals surface area contributed by atoms with Crippen LogP contribution < -0.4 is 16.8 Å². The zero-order valence-corrected chi connectivity index (χ0v) is 16.7. The zero-order valence-electron chi connectivity index (χ0n) is 15.9. The number of nitrogen functional groups attached to an aromatic ring is 1. The fourth-order valence-electron chi connectivity index (χ4n) is 3.32. The molecule has 2 fully saturated rings. The Bertz CT molecular complexity index is 952. The number of carbonyl (C=O) groups excluding carboxylic acids is 1. The average Bonchev–Trinajstić information content (AvgIpc) is 3.34. The molecule has 7 N–H and O–H groups in total. The van der Waals surface area contributed by atoms with Gasteiger partial charge in [-0.05, 0) is 24.5 Å². The van der Waals surface area contributed by atoms with Crippen molar-refractivity contribution in [2.45, 2.75) is 43.4 Å². The lowest BCUT2D eigenvalue weighted by atomic mass is 10.1. The van der Waals surface area contributed by atoms with Gasteiger partial charge in [0.2, 0.25) is 5.91 Å². The highest BCUT2D eigenvalue weighted by atomic mass is 32.2. The van der Waals surface area contributed by atoms with Crippen molar-refractivity contribution in [3.05, 3.63) is 12.7 Å². The molecule has 0 spiro atoms. The number of fused-ring (bicyclic) bond motifs is 1. The fraction of sp³-hybridized carbons (Fsp3) is 0.588. The van der Waals surface area contributed by atoms with Crippen LogP contribution in [-0.4, -0.2) is 77.4 Å². The summed E-state index contributed by atoms with van der Waals surface area (Å²) in [7, 11) is 0. The van der Waals surface area contributed by atoms with Crippen molar-refractivity contribution in [1.29, 1.82) is 0 Å². The van der Waals surface area contributed by atoms with Gasteiger partial charge in [0.1, 0.15) is 17.9 Å². The normalized spacial score (nSPS) is 27.3. The number of nitrogens with two attached hydrogens (primary N) is 2. The topological polar surface area (TPSA) is 192 Å². The molecule has 0 bridgehead atoms. The van der Waals surface area contributed by atoms with Crippen LogP contribution in [-0.2, 0) is 14.3 Å². The molecule has 5 atom stereocenters. The maximum atomic E-state index is 12.5. The Morgan fingerprint density at radius 1 is 1.37 bits per heavy atom. The number of imidazole rings is 1. The number of carboxylic acids is 1. The molecule has 12 nitrogen and oxygen atoms in total. The first-order valence-corrected chi connectivity index (χ1v) is 10.6. The number of carboxylic acid groups (broad SMARTS) is 1. The van der Waals surface area contributed by atoms with Gasteiger partial charge in [-0.2, -0.15) is 11.8 Å². The fourth-order valence-corrected chi connectivity index (χ4v) is 4.53. The van der Waals surface area contributed by atoms with Crippen molar-refractivity contribution in [3.8, 4) is 0 Å². The summed E-state index contributed by atoms with van der Waals surface area (Å²) in [6, 6.07) is -2.02. The highest BCUT2D eigenvalue weighted by molar-refractivity contribution is 7.99. The van der Waals surface area contributed by atoms with Gasteiger partial charge in [0.25, 0.3) is 0 Å². The smallest absolute Gasteiger partial charge is 0.335 e. The van der Waals surface area contributed by atoms with E-state index in [2.05, 4.69) is 20.3 Å². The third-order valence-electron chi connectivity index (χ3n) is 5.17. The number of amides is 1. The summed E-state index contributed by atoms with van der Waals surface area (Å²) in [6.45, 7) is 0. The van der Waals surface area contributed by atoms with Crippen molar-refractivity contribution >= 4 is 40.6 Å². The number of thioether (sulfide) groups is 1. The first kappa shape index (κ1) is 20.8. The molecule has 0 radical (unpaired) electrons. The molecule has 13 heteroatoms. The predicted octanol–water partition coefficient (Wildman–Crippen LogP) is -1.29. The molecule has 2 aromatic rings. The largest absolute Gasteiger partial charge is 0.479 e. The number of ether oxygens (including phenoxy) is 1. The second-order valence-electron chi connectivity index (χ2n) is 7.48. The van der Waals surface area contributed by atoms with Crippen LogP contribution in [0.1, 0.15) is 19.1 Å². The summed E-state index contributed by atoms with van der Waals surface area (Å²) in [5.41, 5.74) is 12.3. The monoisotopic (exact) mass is 437 g/mol. The molecule has 4 rings (SSSR count). The lowest BCUT2D eigenvalue weighted by Crippen LogP contribution is -2.54. The second-order valence-corrected chi connectivity index (χ2v) is 8.56. The molecule has 1 amide bonds. The van der Waals surface area contributed by atoms with Crippen molar-refractivity contribution < 1.29 is 24.5 Å².